The Morgan fingerprint density at radius 2 is 1.90 bits per heavy atom. The van der Waals surface area contributed by atoms with Crippen molar-refractivity contribution in [1.29, 1.82) is 0 Å². The number of ketones is 1. The molecule has 0 radical (unpaired) electrons. The van der Waals surface area contributed by atoms with Gasteiger partial charge in [-0.2, -0.15) is 0 Å². The van der Waals surface area contributed by atoms with Crippen molar-refractivity contribution in [3.8, 4) is 0 Å². The third-order valence-electron chi connectivity index (χ3n) is 6.25. The van der Waals surface area contributed by atoms with E-state index in [1.165, 1.54) is 19.3 Å². The predicted molar refractivity (Wildman–Crippen MR) is 110 cm³/mol. The molecule has 1 N–H and O–H groups in total. The van der Waals surface area contributed by atoms with Crippen LogP contribution >= 0.6 is 0 Å². The molecule has 0 bridgehead atoms. The summed E-state index contributed by atoms with van der Waals surface area (Å²) in [6.45, 7) is 4.71. The Morgan fingerprint density at radius 3 is 2.52 bits per heavy atom. The molecule has 1 saturated carbocycles. The van der Waals surface area contributed by atoms with Gasteiger partial charge in [0.05, 0.1) is 19.6 Å². The lowest BCUT2D eigenvalue weighted by Crippen LogP contribution is -2.40. The molecule has 0 aliphatic heterocycles. The van der Waals surface area contributed by atoms with Crippen molar-refractivity contribution in [2.45, 2.75) is 102 Å². The molecule has 0 aromatic heterocycles. The zero-order valence-corrected chi connectivity index (χ0v) is 18.1. The molecular weight excluding hydrogens is 378 g/mol. The van der Waals surface area contributed by atoms with E-state index in [0.717, 1.165) is 26.4 Å². The maximum atomic E-state index is 15.4. The number of ether oxygens (including phenoxy) is 1. The molecule has 1 rings (SSSR count). The molecule has 6 heteroatoms. The number of hydrogen-bond donors (Lipinski definition) is 1. The molecule has 0 heterocycles. The summed E-state index contributed by atoms with van der Waals surface area (Å²) < 4.78 is 34.3. The van der Waals surface area contributed by atoms with Crippen molar-refractivity contribution < 1.29 is 28.2 Å². The van der Waals surface area contributed by atoms with Gasteiger partial charge in [0.2, 0.25) is 0 Å². The molecule has 0 aromatic rings. The van der Waals surface area contributed by atoms with Gasteiger partial charge in [-0.15, -0.1) is 0 Å². The molecule has 168 valence electrons. The number of methoxy groups -OCH3 is 1. The van der Waals surface area contributed by atoms with Gasteiger partial charge in [-0.05, 0) is 37.7 Å². The second-order valence-corrected chi connectivity index (χ2v) is 8.37. The van der Waals surface area contributed by atoms with Crippen LogP contribution in [-0.2, 0) is 14.3 Å². The molecule has 3 atom stereocenters. The lowest BCUT2D eigenvalue weighted by Gasteiger charge is -2.27. The molecule has 1 aliphatic rings. The van der Waals surface area contributed by atoms with Gasteiger partial charge >= 0.3 is 5.97 Å². The molecule has 1 fully saturated rings. The van der Waals surface area contributed by atoms with E-state index in [1.54, 1.807) is 0 Å². The molecule has 4 nitrogen and oxygen atoms in total. The van der Waals surface area contributed by atoms with Crippen LogP contribution in [0.25, 0.3) is 0 Å². The molecule has 1 unspecified atom stereocenters. The van der Waals surface area contributed by atoms with E-state index >= 15 is 4.39 Å². The van der Waals surface area contributed by atoms with Gasteiger partial charge in [0, 0.05) is 6.42 Å². The van der Waals surface area contributed by atoms with Crippen molar-refractivity contribution in [2.24, 2.45) is 5.92 Å². The van der Waals surface area contributed by atoms with Crippen LogP contribution in [0.15, 0.2) is 12.2 Å². The number of esters is 1. The minimum atomic E-state index is -2.61. The first-order chi connectivity index (χ1) is 13.7. The van der Waals surface area contributed by atoms with Crippen molar-refractivity contribution in [3.63, 3.8) is 0 Å². The van der Waals surface area contributed by atoms with Gasteiger partial charge in [-0.25, -0.2) is 13.6 Å². The average Bonchev–Trinajstić information content (AvgIpc) is 3.00. The Bertz CT molecular complexity index is 551. The second kappa shape index (κ2) is 12.4. The van der Waals surface area contributed by atoms with Crippen LogP contribution < -0.4 is 0 Å². The molecule has 29 heavy (non-hydrogen) atoms. The number of alkyl halides is 2. The fourth-order valence-corrected chi connectivity index (χ4v) is 4.25. The highest BCUT2D eigenvalue weighted by Crippen LogP contribution is 2.43. The van der Waals surface area contributed by atoms with Crippen LogP contribution in [0, 0.1) is 5.92 Å². The van der Waals surface area contributed by atoms with E-state index in [-0.39, 0.29) is 17.8 Å². The summed E-state index contributed by atoms with van der Waals surface area (Å²) in [4.78, 5) is 23.8. The van der Waals surface area contributed by atoms with Crippen LogP contribution in [-0.4, -0.2) is 41.9 Å². The highest BCUT2D eigenvalue weighted by molar-refractivity contribution is 5.85. The lowest BCUT2D eigenvalue weighted by atomic mass is 9.83. The van der Waals surface area contributed by atoms with Gasteiger partial charge in [-0.3, -0.25) is 4.79 Å². The first-order valence-corrected chi connectivity index (χ1v) is 11.0. The Morgan fingerprint density at radius 1 is 1.24 bits per heavy atom. The number of halogens is 2. The zero-order valence-electron chi connectivity index (χ0n) is 18.1. The average molecular weight is 417 g/mol. The first kappa shape index (κ1) is 25.7. The number of unbranched alkanes of at least 4 members (excludes halogenated alkanes) is 6. The van der Waals surface area contributed by atoms with Crippen LogP contribution in [0.1, 0.15) is 90.4 Å². The highest BCUT2D eigenvalue weighted by atomic mass is 19.1. The Kier molecular flexibility index (Phi) is 11.0. The van der Waals surface area contributed by atoms with Gasteiger partial charge in [-0.1, -0.05) is 58.4 Å². The normalized spacial score (nSPS) is 23.8. The van der Waals surface area contributed by atoms with E-state index in [9.17, 15) is 19.1 Å². The van der Waals surface area contributed by atoms with E-state index in [2.05, 4.69) is 18.2 Å². The minimum Gasteiger partial charge on any atom is -0.466 e. The van der Waals surface area contributed by atoms with Gasteiger partial charge in [0.15, 0.2) is 0 Å². The number of hydrogen-bond acceptors (Lipinski definition) is 4. The van der Waals surface area contributed by atoms with Crippen LogP contribution in [0.3, 0.4) is 0 Å². The summed E-state index contributed by atoms with van der Waals surface area (Å²) in [6, 6.07) is 0. The molecule has 0 aromatic carbocycles. The minimum absolute atomic E-state index is 0.0120. The van der Waals surface area contributed by atoms with Crippen LogP contribution in [0.2, 0.25) is 0 Å². The number of rotatable bonds is 15. The topological polar surface area (TPSA) is 63.6 Å². The monoisotopic (exact) mass is 416 g/mol. The van der Waals surface area contributed by atoms with E-state index in [4.69, 9.17) is 0 Å². The molecule has 0 spiro atoms. The first-order valence-electron chi connectivity index (χ1n) is 11.0. The quantitative estimate of drug-likeness (QED) is 0.220. The molecule has 0 amide bonds. The lowest BCUT2D eigenvalue weighted by molar-refractivity contribution is -0.154. The fraction of sp³-hybridized carbons (Fsp3) is 0.826. The third kappa shape index (κ3) is 7.16. The molecular formula is C23H38F2O4. The Balaban J connectivity index is 2.45. The van der Waals surface area contributed by atoms with Gasteiger partial charge in [0.25, 0.3) is 5.67 Å². The van der Waals surface area contributed by atoms with Crippen molar-refractivity contribution in [2.75, 3.05) is 13.7 Å². The van der Waals surface area contributed by atoms with Gasteiger partial charge in [0.1, 0.15) is 11.5 Å². The number of aliphatic hydroxyl groups is 1. The highest BCUT2D eigenvalue weighted by Gasteiger charge is 2.47. The smallest absolute Gasteiger partial charge is 0.350 e. The third-order valence-corrected chi connectivity index (χ3v) is 6.25. The maximum Gasteiger partial charge on any atom is 0.350 e. The van der Waals surface area contributed by atoms with Gasteiger partial charge < -0.3 is 9.84 Å². The van der Waals surface area contributed by atoms with E-state index < -0.39 is 29.8 Å². The molecule has 0 saturated heterocycles. The standard InChI is InChI=1S/C23H38F2O4/c1-4-5-6-7-8-11-15-22(24)16-14-20(27)19(22)13-10-9-12-18(2)23(25,17-26)21(28)29-3/h19,26H,2,4-17H2,1,3H3/t19-,22+,23?/m0/s1. The zero-order chi connectivity index (χ0) is 21.9. The van der Waals surface area contributed by atoms with Crippen molar-refractivity contribution >= 4 is 11.8 Å². The summed E-state index contributed by atoms with van der Waals surface area (Å²) >= 11 is 0. The summed E-state index contributed by atoms with van der Waals surface area (Å²) in [7, 11) is 1.05. The molecule has 1 aliphatic carbocycles. The summed E-state index contributed by atoms with van der Waals surface area (Å²) in [5.41, 5.74) is -4.08. The largest absolute Gasteiger partial charge is 0.466 e. The van der Waals surface area contributed by atoms with Crippen molar-refractivity contribution in [1.82, 2.24) is 0 Å². The van der Waals surface area contributed by atoms with E-state index in [0.29, 0.717) is 38.5 Å². The predicted octanol–water partition coefficient (Wildman–Crippen LogP) is 5.41. The summed E-state index contributed by atoms with van der Waals surface area (Å²) in [5, 5.41) is 9.21. The number of carbonyl (C=O) groups is 2. The maximum absolute atomic E-state index is 15.4. The Labute approximate surface area is 174 Å². The summed E-state index contributed by atoms with van der Waals surface area (Å²) in [6.07, 6.45) is 9.12. The Hall–Kier alpha value is -1.30. The SMILES string of the molecule is C=C(CCCC[C@H]1C(=O)CC[C@]1(F)CCCCCCCC)C(F)(CO)C(=O)OC. The van der Waals surface area contributed by atoms with Crippen LogP contribution in [0.5, 0.6) is 0 Å². The number of Topliss-reactive ketones (excluding diaryl/α,β-unsaturated/α-hetero) is 1. The van der Waals surface area contributed by atoms with Crippen molar-refractivity contribution in [3.05, 3.63) is 12.2 Å². The fourth-order valence-electron chi connectivity index (χ4n) is 4.25. The van der Waals surface area contributed by atoms with E-state index in [1.807, 2.05) is 0 Å². The summed E-state index contributed by atoms with van der Waals surface area (Å²) in [5.74, 6) is -1.76. The van der Waals surface area contributed by atoms with Crippen LogP contribution in [0.4, 0.5) is 8.78 Å². The number of carbonyl (C=O) groups excluding carboxylic acids is 2. The second-order valence-electron chi connectivity index (χ2n) is 8.37. The number of aliphatic hydroxyl groups excluding tert-OH is 1.